The van der Waals surface area contributed by atoms with Crippen LogP contribution in [0.25, 0.3) is 10.9 Å². The number of hydrogen-bond acceptors (Lipinski definition) is 3. The topological polar surface area (TPSA) is 43.1 Å². The first-order valence-electron chi connectivity index (χ1n) is 7.75. The van der Waals surface area contributed by atoms with E-state index in [1.165, 1.54) is 19.4 Å². The molecule has 0 spiro atoms. The Bertz CT molecular complexity index is 664. The zero-order valence-corrected chi connectivity index (χ0v) is 13.7. The Morgan fingerprint density at radius 1 is 1.45 bits per heavy atom. The number of likely N-dealkylation sites (N-methyl/N-ethyl adjacent to an activating group) is 1. The standard InChI is InChI=1S/C17H23ClN4/c1-12(20-15-4-3-7-22(2)11-15)19-10-16-9-13-8-14(18)5-6-17(13)21-16/h5-6,8-9,15,19-21H,1,3-4,7,10-11H2,2H3. The maximum atomic E-state index is 6.02. The average molecular weight is 319 g/mol. The Morgan fingerprint density at radius 3 is 3.14 bits per heavy atom. The van der Waals surface area contributed by atoms with Crippen molar-refractivity contribution in [1.29, 1.82) is 0 Å². The summed E-state index contributed by atoms with van der Waals surface area (Å²) in [5, 5.41) is 8.73. The monoisotopic (exact) mass is 318 g/mol. The SMILES string of the molecule is C=C(NCc1cc2cc(Cl)ccc2[nH]1)NC1CCCN(C)C1. The van der Waals surface area contributed by atoms with Gasteiger partial charge in [-0.2, -0.15) is 0 Å². The summed E-state index contributed by atoms with van der Waals surface area (Å²) in [6, 6.07) is 8.49. The van der Waals surface area contributed by atoms with Crippen molar-refractivity contribution in [3.63, 3.8) is 0 Å². The molecule has 1 saturated heterocycles. The molecule has 3 rings (SSSR count). The van der Waals surface area contributed by atoms with Crippen molar-refractivity contribution in [2.75, 3.05) is 20.1 Å². The van der Waals surface area contributed by atoms with Crippen LogP contribution in [0.2, 0.25) is 5.02 Å². The van der Waals surface area contributed by atoms with Crippen LogP contribution in [-0.2, 0) is 6.54 Å². The normalized spacial score (nSPS) is 19.3. The molecule has 22 heavy (non-hydrogen) atoms. The second-order valence-electron chi connectivity index (χ2n) is 6.10. The molecule has 2 aromatic rings. The fourth-order valence-corrected chi connectivity index (χ4v) is 3.22. The fourth-order valence-electron chi connectivity index (χ4n) is 3.04. The van der Waals surface area contributed by atoms with Gasteiger partial charge in [0.1, 0.15) is 0 Å². The molecule has 0 saturated carbocycles. The van der Waals surface area contributed by atoms with Gasteiger partial charge < -0.3 is 20.5 Å². The number of aromatic nitrogens is 1. The summed E-state index contributed by atoms with van der Waals surface area (Å²) >= 11 is 6.02. The third-order valence-corrected chi connectivity index (χ3v) is 4.37. The zero-order valence-electron chi connectivity index (χ0n) is 13.0. The molecular formula is C17H23ClN4. The number of fused-ring (bicyclic) bond motifs is 1. The van der Waals surface area contributed by atoms with Gasteiger partial charge in [-0.15, -0.1) is 0 Å². The zero-order chi connectivity index (χ0) is 15.5. The number of nitrogens with zero attached hydrogens (tertiary/aromatic N) is 1. The second-order valence-corrected chi connectivity index (χ2v) is 6.54. The molecule has 0 aliphatic carbocycles. The summed E-state index contributed by atoms with van der Waals surface area (Å²) in [6.07, 6.45) is 2.44. The molecule has 4 nitrogen and oxygen atoms in total. The first-order chi connectivity index (χ1) is 10.6. The predicted octanol–water partition coefficient (Wildman–Crippen LogP) is 3.07. The summed E-state index contributed by atoms with van der Waals surface area (Å²) in [5.74, 6) is 0.886. The van der Waals surface area contributed by atoms with E-state index in [-0.39, 0.29) is 0 Å². The van der Waals surface area contributed by atoms with Crippen molar-refractivity contribution in [2.24, 2.45) is 0 Å². The summed E-state index contributed by atoms with van der Waals surface area (Å²) in [5.41, 5.74) is 2.23. The van der Waals surface area contributed by atoms with Gasteiger partial charge in [-0.3, -0.25) is 0 Å². The summed E-state index contributed by atoms with van der Waals surface area (Å²) in [6.45, 7) is 7.07. The van der Waals surface area contributed by atoms with E-state index in [9.17, 15) is 0 Å². The highest BCUT2D eigenvalue weighted by molar-refractivity contribution is 6.31. The van der Waals surface area contributed by atoms with Crippen LogP contribution >= 0.6 is 11.6 Å². The number of rotatable bonds is 5. The van der Waals surface area contributed by atoms with E-state index >= 15 is 0 Å². The lowest BCUT2D eigenvalue weighted by molar-refractivity contribution is 0.233. The Hall–Kier alpha value is -1.65. The maximum absolute atomic E-state index is 6.02. The molecular weight excluding hydrogens is 296 g/mol. The first kappa shape index (κ1) is 15.3. The van der Waals surface area contributed by atoms with Crippen molar-refractivity contribution >= 4 is 22.5 Å². The van der Waals surface area contributed by atoms with Gasteiger partial charge in [-0.1, -0.05) is 18.2 Å². The van der Waals surface area contributed by atoms with Crippen molar-refractivity contribution in [1.82, 2.24) is 20.5 Å². The second kappa shape index (κ2) is 6.63. The summed E-state index contributed by atoms with van der Waals surface area (Å²) < 4.78 is 0. The number of piperidine rings is 1. The molecule has 1 atom stereocenters. The van der Waals surface area contributed by atoms with Gasteiger partial charge in [-0.25, -0.2) is 0 Å². The van der Waals surface area contributed by atoms with Crippen LogP contribution in [0.4, 0.5) is 0 Å². The quantitative estimate of drug-likeness (QED) is 0.794. The van der Waals surface area contributed by atoms with E-state index in [0.717, 1.165) is 40.5 Å². The van der Waals surface area contributed by atoms with E-state index in [1.807, 2.05) is 18.2 Å². The van der Waals surface area contributed by atoms with Crippen LogP contribution in [0.1, 0.15) is 18.5 Å². The minimum atomic E-state index is 0.486. The van der Waals surface area contributed by atoms with E-state index in [0.29, 0.717) is 6.04 Å². The minimum Gasteiger partial charge on any atom is -0.368 e. The highest BCUT2D eigenvalue weighted by atomic mass is 35.5. The third kappa shape index (κ3) is 3.76. The molecule has 0 amide bonds. The van der Waals surface area contributed by atoms with Crippen LogP contribution < -0.4 is 10.6 Å². The molecule has 118 valence electrons. The van der Waals surface area contributed by atoms with Gasteiger partial charge >= 0.3 is 0 Å². The van der Waals surface area contributed by atoms with E-state index < -0.39 is 0 Å². The molecule has 1 unspecified atom stereocenters. The Morgan fingerprint density at radius 2 is 2.32 bits per heavy atom. The van der Waals surface area contributed by atoms with Gasteiger partial charge in [0.25, 0.3) is 0 Å². The van der Waals surface area contributed by atoms with Crippen LogP contribution in [0.15, 0.2) is 36.7 Å². The minimum absolute atomic E-state index is 0.486. The maximum Gasteiger partial charge on any atom is 0.0918 e. The van der Waals surface area contributed by atoms with E-state index in [1.54, 1.807) is 0 Å². The van der Waals surface area contributed by atoms with Crippen molar-refractivity contribution in [3.05, 3.63) is 47.4 Å². The largest absolute Gasteiger partial charge is 0.368 e. The number of aromatic amines is 1. The van der Waals surface area contributed by atoms with E-state index in [2.05, 4.69) is 40.2 Å². The van der Waals surface area contributed by atoms with Crippen LogP contribution in [-0.4, -0.2) is 36.1 Å². The molecule has 0 bridgehead atoms. The highest BCUT2D eigenvalue weighted by Gasteiger charge is 2.16. The molecule has 1 aliphatic rings. The fraction of sp³-hybridized carbons (Fsp3) is 0.412. The average Bonchev–Trinajstić information content (AvgIpc) is 2.87. The number of nitrogens with one attached hydrogen (secondary N) is 3. The lowest BCUT2D eigenvalue weighted by Gasteiger charge is -2.31. The Kier molecular flexibility index (Phi) is 4.60. The first-order valence-corrected chi connectivity index (χ1v) is 8.13. The van der Waals surface area contributed by atoms with Gasteiger partial charge in [0.05, 0.1) is 12.4 Å². The molecule has 1 fully saturated rings. The Balaban J connectivity index is 1.53. The summed E-state index contributed by atoms with van der Waals surface area (Å²) in [4.78, 5) is 5.75. The molecule has 3 N–H and O–H groups in total. The van der Waals surface area contributed by atoms with Crippen LogP contribution in [0, 0.1) is 0 Å². The molecule has 5 heteroatoms. The predicted molar refractivity (Wildman–Crippen MR) is 92.9 cm³/mol. The van der Waals surface area contributed by atoms with Crippen molar-refractivity contribution < 1.29 is 0 Å². The molecule has 1 aromatic heterocycles. The molecule has 1 aromatic carbocycles. The number of hydrogen-bond donors (Lipinski definition) is 3. The molecule has 2 heterocycles. The van der Waals surface area contributed by atoms with Gasteiger partial charge in [0.15, 0.2) is 0 Å². The number of likely N-dealkylation sites (tertiary alicyclic amines) is 1. The summed E-state index contributed by atoms with van der Waals surface area (Å²) in [7, 11) is 2.17. The van der Waals surface area contributed by atoms with Crippen LogP contribution in [0.5, 0.6) is 0 Å². The highest BCUT2D eigenvalue weighted by Crippen LogP contribution is 2.20. The molecule has 1 aliphatic heterocycles. The number of benzene rings is 1. The smallest absolute Gasteiger partial charge is 0.0918 e. The van der Waals surface area contributed by atoms with Gasteiger partial charge in [0.2, 0.25) is 0 Å². The number of halogens is 1. The van der Waals surface area contributed by atoms with Crippen molar-refractivity contribution in [2.45, 2.75) is 25.4 Å². The molecule has 0 radical (unpaired) electrons. The van der Waals surface area contributed by atoms with Crippen LogP contribution in [0.3, 0.4) is 0 Å². The van der Waals surface area contributed by atoms with Crippen molar-refractivity contribution in [3.8, 4) is 0 Å². The van der Waals surface area contributed by atoms with Gasteiger partial charge in [0, 0.05) is 34.2 Å². The lowest BCUT2D eigenvalue weighted by atomic mass is 10.1. The van der Waals surface area contributed by atoms with E-state index in [4.69, 9.17) is 11.6 Å². The third-order valence-electron chi connectivity index (χ3n) is 4.13. The Labute approximate surface area is 136 Å². The lowest BCUT2D eigenvalue weighted by Crippen LogP contribution is -2.45. The number of H-pyrrole nitrogens is 1. The van der Waals surface area contributed by atoms with Gasteiger partial charge in [-0.05, 0) is 50.7 Å².